The first-order valence-electron chi connectivity index (χ1n) is 13.3. The molecule has 3 atom stereocenters. The van der Waals surface area contributed by atoms with E-state index in [-0.39, 0.29) is 11.2 Å². The van der Waals surface area contributed by atoms with Crippen LogP contribution >= 0.6 is 0 Å². The molecule has 4 saturated heterocycles. The SMILES string of the molecule is CCOC1=CN2NC3NNCC3=C2C(c2ccc(N3CC4CC(C3)N4Cc3ccc(S(C)(=O)=O)nc3)nc2)=C1. The maximum absolute atomic E-state index is 11.7. The number of nitrogens with one attached hydrogen (secondary N) is 3. The minimum atomic E-state index is -3.28. The molecule has 8 heterocycles. The number of pyridine rings is 2. The molecule has 4 fully saturated rings. The van der Waals surface area contributed by atoms with E-state index in [1.807, 2.05) is 25.4 Å². The first-order valence-corrected chi connectivity index (χ1v) is 15.2. The van der Waals surface area contributed by atoms with Crippen molar-refractivity contribution in [2.75, 3.05) is 37.4 Å². The Bertz CT molecular complexity index is 1470. The molecule has 0 saturated carbocycles. The van der Waals surface area contributed by atoms with Gasteiger partial charge in [0, 0.05) is 73.6 Å². The van der Waals surface area contributed by atoms with Gasteiger partial charge in [0.2, 0.25) is 0 Å². The number of rotatable bonds is 7. The van der Waals surface area contributed by atoms with E-state index in [9.17, 15) is 8.42 Å². The second-order valence-electron chi connectivity index (χ2n) is 10.6. The molecular formula is C27H32N8O3S. The van der Waals surface area contributed by atoms with Crippen LogP contribution in [-0.4, -0.2) is 79.0 Å². The Hall–Kier alpha value is -3.29. The minimum Gasteiger partial charge on any atom is -0.492 e. The van der Waals surface area contributed by atoms with Gasteiger partial charge in [0.15, 0.2) is 14.9 Å². The van der Waals surface area contributed by atoms with Crippen LogP contribution in [-0.2, 0) is 21.1 Å². The van der Waals surface area contributed by atoms with Gasteiger partial charge in [-0.15, -0.1) is 0 Å². The molecular weight excluding hydrogens is 516 g/mol. The molecule has 12 heteroatoms. The predicted molar refractivity (Wildman–Crippen MR) is 146 cm³/mol. The molecule has 2 aromatic rings. The number of allylic oxidation sites excluding steroid dienone is 2. The molecule has 2 bridgehead atoms. The molecule has 8 rings (SSSR count). The highest BCUT2D eigenvalue weighted by atomic mass is 32.2. The summed E-state index contributed by atoms with van der Waals surface area (Å²) >= 11 is 0. The molecule has 2 aromatic heterocycles. The summed E-state index contributed by atoms with van der Waals surface area (Å²) in [5.41, 5.74) is 15.6. The first-order chi connectivity index (χ1) is 18.9. The largest absolute Gasteiger partial charge is 0.492 e. The van der Waals surface area contributed by atoms with Crippen LogP contribution in [0.4, 0.5) is 5.82 Å². The third-order valence-electron chi connectivity index (χ3n) is 8.07. The van der Waals surface area contributed by atoms with Crippen molar-refractivity contribution in [1.82, 2.24) is 36.2 Å². The summed E-state index contributed by atoms with van der Waals surface area (Å²) in [7, 11) is -3.28. The van der Waals surface area contributed by atoms with E-state index in [1.54, 1.807) is 12.3 Å². The van der Waals surface area contributed by atoms with Crippen LogP contribution in [0.3, 0.4) is 0 Å². The van der Waals surface area contributed by atoms with E-state index in [1.165, 1.54) is 18.2 Å². The molecule has 11 nitrogen and oxygen atoms in total. The maximum Gasteiger partial charge on any atom is 0.192 e. The standard InChI is InChI=1S/C27H32N8O3S/c1-3-38-21-9-22(26-23-12-30-31-27(23)32-35(26)16-21)18-5-6-24(28-11-18)33-14-19-8-20(15-33)34(19)13-17-4-7-25(29-10-17)39(2,36)37/h4-7,9-11,16,19-20,27,30-32H,3,8,12-15H2,1-2H3. The second-order valence-corrected chi connectivity index (χ2v) is 12.6. The Morgan fingerprint density at radius 1 is 1.10 bits per heavy atom. The smallest absolute Gasteiger partial charge is 0.192 e. The summed E-state index contributed by atoms with van der Waals surface area (Å²) in [6.07, 6.45) is 10.2. The zero-order valence-electron chi connectivity index (χ0n) is 22.0. The normalized spacial score (nSPS) is 26.2. The lowest BCUT2D eigenvalue weighted by atomic mass is 9.87. The molecule has 0 radical (unpaired) electrons. The van der Waals surface area contributed by atoms with Gasteiger partial charge in [-0.25, -0.2) is 29.2 Å². The summed E-state index contributed by atoms with van der Waals surface area (Å²) < 4.78 is 29.3. The number of aromatic nitrogens is 2. The highest BCUT2D eigenvalue weighted by Gasteiger charge is 2.45. The zero-order valence-corrected chi connectivity index (χ0v) is 22.8. The summed E-state index contributed by atoms with van der Waals surface area (Å²) in [5.74, 6) is 1.81. The Morgan fingerprint density at radius 3 is 2.64 bits per heavy atom. The molecule has 0 amide bonds. The van der Waals surface area contributed by atoms with Gasteiger partial charge in [0.1, 0.15) is 17.7 Å². The summed E-state index contributed by atoms with van der Waals surface area (Å²) in [5, 5.41) is 2.18. The van der Waals surface area contributed by atoms with Gasteiger partial charge >= 0.3 is 0 Å². The van der Waals surface area contributed by atoms with Crippen LogP contribution in [0.2, 0.25) is 0 Å². The lowest BCUT2D eigenvalue weighted by Crippen LogP contribution is -2.68. The van der Waals surface area contributed by atoms with Gasteiger partial charge in [-0.05, 0) is 43.2 Å². The van der Waals surface area contributed by atoms with Gasteiger partial charge < -0.3 is 9.64 Å². The molecule has 3 N–H and O–H groups in total. The summed E-state index contributed by atoms with van der Waals surface area (Å²) in [4.78, 5) is 13.9. The van der Waals surface area contributed by atoms with Crippen LogP contribution in [0.1, 0.15) is 24.5 Å². The third-order valence-corrected chi connectivity index (χ3v) is 9.07. The summed E-state index contributed by atoms with van der Waals surface area (Å²) in [6, 6.07) is 8.65. The number of hydrogen-bond donors (Lipinski definition) is 3. The average Bonchev–Trinajstić information content (AvgIpc) is 3.53. The van der Waals surface area contributed by atoms with E-state index in [0.29, 0.717) is 18.7 Å². The van der Waals surface area contributed by atoms with Crippen LogP contribution in [0.5, 0.6) is 0 Å². The van der Waals surface area contributed by atoms with Crippen molar-refractivity contribution < 1.29 is 13.2 Å². The summed E-state index contributed by atoms with van der Waals surface area (Å²) in [6.45, 7) is 5.99. The van der Waals surface area contributed by atoms with Crippen molar-refractivity contribution in [3.05, 3.63) is 77.1 Å². The number of nitrogens with zero attached hydrogens (tertiary/aromatic N) is 5. The fourth-order valence-corrected chi connectivity index (χ4v) is 6.73. The van der Waals surface area contributed by atoms with Crippen molar-refractivity contribution in [3.63, 3.8) is 0 Å². The number of ether oxygens (including phenoxy) is 1. The molecule has 0 aliphatic carbocycles. The Labute approximate surface area is 228 Å². The van der Waals surface area contributed by atoms with Crippen molar-refractivity contribution in [1.29, 1.82) is 0 Å². The van der Waals surface area contributed by atoms with Gasteiger partial charge in [0.25, 0.3) is 0 Å². The number of sulfone groups is 1. The lowest BCUT2D eigenvalue weighted by molar-refractivity contribution is -0.00877. The zero-order chi connectivity index (χ0) is 26.7. The highest BCUT2D eigenvalue weighted by Crippen LogP contribution is 2.39. The number of anilines is 1. The molecule has 6 aliphatic heterocycles. The Morgan fingerprint density at radius 2 is 1.95 bits per heavy atom. The molecule has 3 unspecified atom stereocenters. The van der Waals surface area contributed by atoms with Gasteiger partial charge in [-0.2, -0.15) is 0 Å². The van der Waals surface area contributed by atoms with E-state index in [4.69, 9.17) is 9.72 Å². The maximum atomic E-state index is 11.7. The van der Waals surface area contributed by atoms with Crippen molar-refractivity contribution >= 4 is 21.2 Å². The van der Waals surface area contributed by atoms with Crippen LogP contribution in [0.25, 0.3) is 5.57 Å². The highest BCUT2D eigenvalue weighted by molar-refractivity contribution is 7.90. The molecule has 0 aromatic carbocycles. The monoisotopic (exact) mass is 548 g/mol. The predicted octanol–water partition coefficient (Wildman–Crippen LogP) is 1.13. The minimum absolute atomic E-state index is 0.0595. The van der Waals surface area contributed by atoms with Crippen LogP contribution < -0.4 is 21.2 Å². The third kappa shape index (κ3) is 4.42. The lowest BCUT2D eigenvalue weighted by Gasteiger charge is -2.56. The molecule has 6 aliphatic rings. The quantitative estimate of drug-likeness (QED) is 0.463. The topological polar surface area (TPSA) is 115 Å². The van der Waals surface area contributed by atoms with Crippen molar-refractivity contribution in [2.45, 2.75) is 43.2 Å². The van der Waals surface area contributed by atoms with Gasteiger partial charge in [0.05, 0.1) is 18.5 Å². The molecule has 39 heavy (non-hydrogen) atoms. The van der Waals surface area contributed by atoms with Crippen LogP contribution in [0.15, 0.2) is 71.0 Å². The Balaban J connectivity index is 1.05. The van der Waals surface area contributed by atoms with Crippen LogP contribution in [0, 0.1) is 0 Å². The fourth-order valence-electron chi connectivity index (χ4n) is 6.17. The number of fused-ring (bicyclic) bond motifs is 4. The second kappa shape index (κ2) is 9.42. The average molecular weight is 549 g/mol. The first kappa shape index (κ1) is 24.7. The van der Waals surface area contributed by atoms with E-state index >= 15 is 0 Å². The number of hydrogen-bond acceptors (Lipinski definition) is 11. The van der Waals surface area contributed by atoms with E-state index < -0.39 is 9.84 Å². The number of piperazine rings is 1. The van der Waals surface area contributed by atoms with Gasteiger partial charge in [-0.3, -0.25) is 15.3 Å². The number of hydrazine groups is 2. The van der Waals surface area contributed by atoms with Crippen molar-refractivity contribution in [3.8, 4) is 0 Å². The van der Waals surface area contributed by atoms with E-state index in [2.05, 4.69) is 54.3 Å². The van der Waals surface area contributed by atoms with Gasteiger partial charge in [-0.1, -0.05) is 6.07 Å². The Kier molecular flexibility index (Phi) is 5.97. The fraction of sp³-hybridized carbons (Fsp3) is 0.407. The number of piperidine rings is 1. The van der Waals surface area contributed by atoms with E-state index in [0.717, 1.165) is 60.2 Å². The van der Waals surface area contributed by atoms with Crippen molar-refractivity contribution in [2.24, 2.45) is 0 Å². The molecule has 0 spiro atoms. The molecule has 204 valence electrons.